The summed E-state index contributed by atoms with van der Waals surface area (Å²) in [4.78, 5) is 13.8. The van der Waals surface area contributed by atoms with Gasteiger partial charge in [0, 0.05) is 24.0 Å². The molecule has 0 atom stereocenters. The molecular formula is C21H26N6. The number of anilines is 1. The van der Waals surface area contributed by atoms with Crippen molar-refractivity contribution in [3.63, 3.8) is 0 Å². The number of aromatic nitrogens is 4. The number of rotatable bonds is 5. The van der Waals surface area contributed by atoms with Crippen molar-refractivity contribution in [1.29, 1.82) is 0 Å². The molecule has 0 unspecified atom stereocenters. The van der Waals surface area contributed by atoms with Gasteiger partial charge in [-0.05, 0) is 57.7 Å². The highest BCUT2D eigenvalue weighted by Crippen LogP contribution is 2.28. The number of fused-ring (bicyclic) bond motifs is 1. The summed E-state index contributed by atoms with van der Waals surface area (Å²) in [6, 6.07) is 6.07. The minimum absolute atomic E-state index is 0.684. The van der Waals surface area contributed by atoms with Gasteiger partial charge in [-0.25, -0.2) is 9.50 Å². The lowest BCUT2D eigenvalue weighted by atomic mass is 10.1. The molecule has 0 spiro atoms. The summed E-state index contributed by atoms with van der Waals surface area (Å²) < 4.78 is 1.87. The van der Waals surface area contributed by atoms with Crippen LogP contribution in [0.15, 0.2) is 35.6 Å². The Morgan fingerprint density at radius 2 is 2.04 bits per heavy atom. The van der Waals surface area contributed by atoms with Crippen LogP contribution in [0.2, 0.25) is 0 Å². The zero-order chi connectivity index (χ0) is 18.8. The Balaban J connectivity index is 1.58. The van der Waals surface area contributed by atoms with Crippen LogP contribution in [0.4, 0.5) is 11.6 Å². The van der Waals surface area contributed by atoms with Gasteiger partial charge >= 0.3 is 0 Å². The predicted octanol–water partition coefficient (Wildman–Crippen LogP) is 4.81. The highest BCUT2D eigenvalue weighted by molar-refractivity contribution is 5.83. The fraction of sp³-hybridized carbons (Fsp3) is 0.429. The lowest BCUT2D eigenvalue weighted by Crippen LogP contribution is -2.13. The number of aliphatic imine (C=N–C) groups is 1. The summed E-state index contributed by atoms with van der Waals surface area (Å²) in [7, 11) is 0. The van der Waals surface area contributed by atoms with Gasteiger partial charge in [-0.1, -0.05) is 12.8 Å². The maximum atomic E-state index is 4.74. The molecule has 3 aromatic heterocycles. The van der Waals surface area contributed by atoms with Crippen LogP contribution in [-0.4, -0.2) is 31.8 Å². The standard InChI is InChI=1S/C21H26N6/c1-14(2)24-18-8-9-19(25-15(18)3)17-10-11-27-20(17)13-23-21(26-27)22-12-16-6-4-5-7-16/h8-11,13,16H,4-7,12H2,1-3H3,(H,22,26). The Bertz CT molecular complexity index is 978. The van der Waals surface area contributed by atoms with Crippen molar-refractivity contribution in [3.05, 3.63) is 36.3 Å². The van der Waals surface area contributed by atoms with Crippen molar-refractivity contribution in [1.82, 2.24) is 19.6 Å². The van der Waals surface area contributed by atoms with Crippen molar-refractivity contribution in [2.45, 2.75) is 46.5 Å². The van der Waals surface area contributed by atoms with E-state index in [2.05, 4.69) is 20.4 Å². The molecule has 0 radical (unpaired) electrons. The van der Waals surface area contributed by atoms with Crippen LogP contribution in [0.5, 0.6) is 0 Å². The third kappa shape index (κ3) is 3.84. The second-order valence-corrected chi connectivity index (χ2v) is 7.53. The van der Waals surface area contributed by atoms with Gasteiger partial charge in [0.05, 0.1) is 28.8 Å². The van der Waals surface area contributed by atoms with E-state index in [9.17, 15) is 0 Å². The lowest BCUT2D eigenvalue weighted by Gasteiger charge is -2.10. The van der Waals surface area contributed by atoms with E-state index in [-0.39, 0.29) is 0 Å². The van der Waals surface area contributed by atoms with Crippen molar-refractivity contribution < 1.29 is 0 Å². The molecule has 0 amide bonds. The van der Waals surface area contributed by atoms with Crippen LogP contribution in [0.25, 0.3) is 16.8 Å². The van der Waals surface area contributed by atoms with Crippen LogP contribution in [0.3, 0.4) is 0 Å². The maximum Gasteiger partial charge on any atom is 0.241 e. The van der Waals surface area contributed by atoms with Crippen molar-refractivity contribution in [2.75, 3.05) is 11.9 Å². The van der Waals surface area contributed by atoms with Crippen LogP contribution in [0.1, 0.15) is 45.2 Å². The summed E-state index contributed by atoms with van der Waals surface area (Å²) >= 11 is 0. The van der Waals surface area contributed by atoms with Crippen LogP contribution in [0, 0.1) is 12.8 Å². The van der Waals surface area contributed by atoms with Gasteiger partial charge < -0.3 is 5.32 Å². The smallest absolute Gasteiger partial charge is 0.241 e. The van der Waals surface area contributed by atoms with Gasteiger partial charge in [0.2, 0.25) is 5.95 Å². The summed E-state index contributed by atoms with van der Waals surface area (Å²) in [5.74, 6) is 1.44. The zero-order valence-corrected chi connectivity index (χ0v) is 16.2. The van der Waals surface area contributed by atoms with Crippen LogP contribution >= 0.6 is 0 Å². The van der Waals surface area contributed by atoms with E-state index < -0.39 is 0 Å². The Hall–Kier alpha value is -2.76. The molecule has 3 heterocycles. The first kappa shape index (κ1) is 17.6. The molecular weight excluding hydrogens is 336 g/mol. The largest absolute Gasteiger partial charge is 0.353 e. The molecule has 4 rings (SSSR count). The summed E-state index contributed by atoms with van der Waals surface area (Å²) in [6.45, 7) is 6.93. The molecule has 0 aromatic carbocycles. The zero-order valence-electron chi connectivity index (χ0n) is 16.2. The Morgan fingerprint density at radius 1 is 1.22 bits per heavy atom. The second kappa shape index (κ2) is 7.47. The van der Waals surface area contributed by atoms with Gasteiger partial charge in [-0.2, -0.15) is 0 Å². The van der Waals surface area contributed by atoms with Gasteiger partial charge in [0.1, 0.15) is 0 Å². The minimum Gasteiger partial charge on any atom is -0.353 e. The minimum atomic E-state index is 0.684. The first-order valence-corrected chi connectivity index (χ1v) is 9.68. The summed E-state index contributed by atoms with van der Waals surface area (Å²) in [6.07, 6.45) is 9.16. The number of nitrogens with one attached hydrogen (secondary N) is 1. The van der Waals surface area contributed by atoms with Gasteiger partial charge in [-0.3, -0.25) is 9.98 Å². The Labute approximate surface area is 159 Å². The van der Waals surface area contributed by atoms with Gasteiger partial charge in [0.25, 0.3) is 0 Å². The Kier molecular flexibility index (Phi) is 4.88. The molecule has 140 valence electrons. The number of hydrogen-bond donors (Lipinski definition) is 1. The summed E-state index contributed by atoms with van der Waals surface area (Å²) in [5.41, 5.74) is 5.76. The highest BCUT2D eigenvalue weighted by atomic mass is 15.3. The predicted molar refractivity (Wildman–Crippen MR) is 110 cm³/mol. The fourth-order valence-corrected chi connectivity index (χ4v) is 3.71. The van der Waals surface area contributed by atoms with E-state index in [1.165, 1.54) is 25.7 Å². The van der Waals surface area contributed by atoms with E-state index in [0.717, 1.165) is 46.3 Å². The third-order valence-corrected chi connectivity index (χ3v) is 5.12. The monoisotopic (exact) mass is 362 g/mol. The van der Waals surface area contributed by atoms with Gasteiger partial charge in [-0.15, -0.1) is 5.10 Å². The molecule has 1 saturated carbocycles. The normalized spacial score (nSPS) is 14.6. The first-order chi connectivity index (χ1) is 13.1. The number of pyridine rings is 1. The number of aryl methyl sites for hydroxylation is 1. The molecule has 6 nitrogen and oxygen atoms in total. The van der Waals surface area contributed by atoms with Crippen molar-refractivity contribution in [2.24, 2.45) is 10.9 Å². The lowest BCUT2D eigenvalue weighted by molar-refractivity contribution is 0.576. The number of nitrogens with zero attached hydrogens (tertiary/aromatic N) is 5. The van der Waals surface area contributed by atoms with Crippen LogP contribution < -0.4 is 5.32 Å². The van der Waals surface area contributed by atoms with E-state index in [0.29, 0.717) is 5.95 Å². The van der Waals surface area contributed by atoms with E-state index >= 15 is 0 Å². The molecule has 3 aromatic rings. The molecule has 1 aliphatic carbocycles. The highest BCUT2D eigenvalue weighted by Gasteiger charge is 2.15. The first-order valence-electron chi connectivity index (χ1n) is 9.68. The van der Waals surface area contributed by atoms with E-state index in [1.807, 2.05) is 55.9 Å². The quantitative estimate of drug-likeness (QED) is 0.661. The molecule has 6 heteroatoms. The number of hydrogen-bond acceptors (Lipinski definition) is 5. The molecule has 1 aliphatic rings. The molecule has 27 heavy (non-hydrogen) atoms. The van der Waals surface area contributed by atoms with E-state index in [4.69, 9.17) is 4.98 Å². The maximum absolute atomic E-state index is 4.74. The van der Waals surface area contributed by atoms with Crippen LogP contribution in [-0.2, 0) is 0 Å². The van der Waals surface area contributed by atoms with Crippen molar-refractivity contribution >= 4 is 22.9 Å². The fourth-order valence-electron chi connectivity index (χ4n) is 3.71. The molecule has 0 saturated heterocycles. The average Bonchev–Trinajstić information content (AvgIpc) is 3.30. The third-order valence-electron chi connectivity index (χ3n) is 5.12. The average molecular weight is 362 g/mol. The van der Waals surface area contributed by atoms with Gasteiger partial charge in [0.15, 0.2) is 0 Å². The second-order valence-electron chi connectivity index (χ2n) is 7.53. The van der Waals surface area contributed by atoms with E-state index in [1.54, 1.807) is 0 Å². The molecule has 1 fully saturated rings. The summed E-state index contributed by atoms with van der Waals surface area (Å²) in [5, 5.41) is 8.00. The molecule has 0 aliphatic heterocycles. The SMILES string of the molecule is CC(C)=Nc1ccc(-c2ccn3nc(NCC4CCCC4)ncc23)nc1C. The van der Waals surface area contributed by atoms with Crippen molar-refractivity contribution in [3.8, 4) is 11.3 Å². The topological polar surface area (TPSA) is 67.5 Å². The molecule has 1 N–H and O–H groups in total. The Morgan fingerprint density at radius 3 is 2.78 bits per heavy atom. The molecule has 0 bridgehead atoms.